The predicted octanol–water partition coefficient (Wildman–Crippen LogP) is 5.07. The van der Waals surface area contributed by atoms with E-state index in [1.807, 2.05) is 71.4 Å². The van der Waals surface area contributed by atoms with Crippen molar-refractivity contribution in [1.29, 1.82) is 0 Å². The molecule has 4 aromatic rings. The van der Waals surface area contributed by atoms with Crippen LogP contribution in [0.5, 0.6) is 0 Å². The van der Waals surface area contributed by atoms with Gasteiger partial charge in [-0.15, -0.1) is 0 Å². The number of aryl methyl sites for hydroxylation is 1. The Morgan fingerprint density at radius 3 is 2.50 bits per heavy atom. The molecule has 0 aliphatic carbocycles. The van der Waals surface area contributed by atoms with Gasteiger partial charge in [0.15, 0.2) is 0 Å². The zero-order chi connectivity index (χ0) is 23.7. The molecule has 0 fully saturated rings. The van der Waals surface area contributed by atoms with E-state index in [0.29, 0.717) is 24.5 Å². The topological polar surface area (TPSA) is 67.2 Å². The number of rotatable bonds is 5. The molecule has 1 aliphatic rings. The second kappa shape index (κ2) is 8.98. The largest absolute Gasteiger partial charge is 0.312 e. The Morgan fingerprint density at radius 1 is 0.971 bits per heavy atom. The van der Waals surface area contributed by atoms with Crippen molar-refractivity contribution in [2.24, 2.45) is 0 Å². The molecule has 0 spiro atoms. The van der Waals surface area contributed by atoms with Gasteiger partial charge in [-0.2, -0.15) is 5.10 Å². The van der Waals surface area contributed by atoms with Crippen LogP contribution in [0.15, 0.2) is 78.9 Å². The summed E-state index contributed by atoms with van der Waals surface area (Å²) in [6.07, 6.45) is 0.749. The average Bonchev–Trinajstić information content (AvgIpc) is 3.44. The minimum absolute atomic E-state index is 0.0181. The van der Waals surface area contributed by atoms with Gasteiger partial charge < -0.3 is 10.2 Å². The van der Waals surface area contributed by atoms with E-state index in [9.17, 15) is 9.59 Å². The monoisotopic (exact) mass is 450 g/mol. The molecule has 0 saturated heterocycles. The summed E-state index contributed by atoms with van der Waals surface area (Å²) < 4.78 is 1.83. The van der Waals surface area contributed by atoms with Gasteiger partial charge in [-0.25, -0.2) is 4.68 Å². The van der Waals surface area contributed by atoms with Gasteiger partial charge in [0.1, 0.15) is 5.82 Å². The molecular formula is C28H26N4O2. The number of aromatic nitrogens is 2. The van der Waals surface area contributed by atoms with Crippen LogP contribution in [0, 0.1) is 6.92 Å². The molecule has 0 bridgehead atoms. The molecule has 170 valence electrons. The molecule has 0 radical (unpaired) electrons. The molecule has 34 heavy (non-hydrogen) atoms. The molecule has 0 saturated carbocycles. The van der Waals surface area contributed by atoms with Crippen LogP contribution in [-0.4, -0.2) is 28.1 Å². The third-order valence-electron chi connectivity index (χ3n) is 6.24. The highest BCUT2D eigenvalue weighted by atomic mass is 16.2. The third-order valence-corrected chi connectivity index (χ3v) is 6.24. The van der Waals surface area contributed by atoms with E-state index in [4.69, 9.17) is 5.10 Å². The first-order valence-corrected chi connectivity index (χ1v) is 11.4. The maximum Gasteiger partial charge on any atom is 0.256 e. The predicted molar refractivity (Wildman–Crippen MR) is 134 cm³/mol. The SMILES string of the molecule is CC(=O)N1CCc2cc(C(=O)Nc3cc(-c4ccccc4C)nn3Cc3ccccc3)ccc21. The van der Waals surface area contributed by atoms with Crippen molar-refractivity contribution in [3.63, 3.8) is 0 Å². The van der Waals surface area contributed by atoms with E-state index in [2.05, 4.69) is 18.3 Å². The van der Waals surface area contributed by atoms with Crippen LogP contribution in [0.2, 0.25) is 0 Å². The lowest BCUT2D eigenvalue weighted by molar-refractivity contribution is -0.116. The zero-order valence-corrected chi connectivity index (χ0v) is 19.3. The Labute approximate surface area is 198 Å². The lowest BCUT2D eigenvalue weighted by Crippen LogP contribution is -2.25. The lowest BCUT2D eigenvalue weighted by Gasteiger charge is -2.15. The van der Waals surface area contributed by atoms with Crippen molar-refractivity contribution in [3.05, 3.63) is 101 Å². The fourth-order valence-electron chi connectivity index (χ4n) is 4.44. The van der Waals surface area contributed by atoms with Gasteiger partial charge in [-0.05, 0) is 48.2 Å². The summed E-state index contributed by atoms with van der Waals surface area (Å²) >= 11 is 0. The van der Waals surface area contributed by atoms with Crippen LogP contribution in [0.25, 0.3) is 11.3 Å². The Bertz CT molecular complexity index is 1370. The molecule has 1 aliphatic heterocycles. The highest BCUT2D eigenvalue weighted by molar-refractivity contribution is 6.05. The third kappa shape index (κ3) is 4.22. The first-order valence-electron chi connectivity index (χ1n) is 11.4. The summed E-state index contributed by atoms with van der Waals surface area (Å²) in [4.78, 5) is 26.8. The van der Waals surface area contributed by atoms with Crippen LogP contribution < -0.4 is 10.2 Å². The number of hydrogen-bond acceptors (Lipinski definition) is 3. The number of benzene rings is 3. The van der Waals surface area contributed by atoms with E-state index >= 15 is 0 Å². The standard InChI is InChI=1S/C28H26N4O2/c1-19-8-6-7-11-24(19)25-17-27(32(30-25)18-21-9-4-3-5-10-21)29-28(34)23-12-13-26-22(16-23)14-15-31(26)20(2)33/h3-13,16-17H,14-15,18H2,1-2H3,(H,29,34). The van der Waals surface area contributed by atoms with Crippen LogP contribution in [0.3, 0.4) is 0 Å². The van der Waals surface area contributed by atoms with E-state index < -0.39 is 0 Å². The first kappa shape index (κ1) is 21.6. The molecule has 3 aromatic carbocycles. The van der Waals surface area contributed by atoms with E-state index in [1.165, 1.54) is 0 Å². The quantitative estimate of drug-likeness (QED) is 0.462. The van der Waals surface area contributed by atoms with Crippen LogP contribution in [-0.2, 0) is 17.8 Å². The maximum absolute atomic E-state index is 13.2. The molecular weight excluding hydrogens is 424 g/mol. The molecule has 1 aromatic heterocycles. The van der Waals surface area contributed by atoms with Gasteiger partial charge in [-0.1, -0.05) is 54.6 Å². The normalized spacial score (nSPS) is 12.5. The Balaban J connectivity index is 1.46. The van der Waals surface area contributed by atoms with Crippen LogP contribution >= 0.6 is 0 Å². The van der Waals surface area contributed by atoms with Crippen LogP contribution in [0.1, 0.15) is 34.0 Å². The first-order chi connectivity index (χ1) is 16.5. The van der Waals surface area contributed by atoms with Gasteiger partial charge in [0.25, 0.3) is 5.91 Å². The van der Waals surface area contributed by atoms with Gasteiger partial charge in [0, 0.05) is 36.3 Å². The number of nitrogens with one attached hydrogen (secondary N) is 1. The minimum Gasteiger partial charge on any atom is -0.312 e. The summed E-state index contributed by atoms with van der Waals surface area (Å²) in [6.45, 7) is 4.81. The molecule has 2 amide bonds. The molecule has 2 heterocycles. The summed E-state index contributed by atoms with van der Waals surface area (Å²) in [5, 5.41) is 7.89. The fourth-order valence-corrected chi connectivity index (χ4v) is 4.44. The molecule has 5 rings (SSSR count). The van der Waals surface area contributed by atoms with Crippen molar-refractivity contribution in [1.82, 2.24) is 9.78 Å². The average molecular weight is 451 g/mol. The van der Waals surface area contributed by atoms with Gasteiger partial charge >= 0.3 is 0 Å². The van der Waals surface area contributed by atoms with Crippen molar-refractivity contribution >= 4 is 23.3 Å². The lowest BCUT2D eigenvalue weighted by atomic mass is 10.1. The van der Waals surface area contributed by atoms with Crippen molar-refractivity contribution in [2.75, 3.05) is 16.8 Å². The number of fused-ring (bicyclic) bond motifs is 1. The van der Waals surface area contributed by atoms with E-state index in [0.717, 1.165) is 40.1 Å². The Hall–Kier alpha value is -4.19. The molecule has 0 atom stereocenters. The van der Waals surface area contributed by atoms with Crippen molar-refractivity contribution < 1.29 is 9.59 Å². The number of nitrogens with zero attached hydrogens (tertiary/aromatic N) is 3. The van der Waals surface area contributed by atoms with Gasteiger partial charge in [0.2, 0.25) is 5.91 Å². The minimum atomic E-state index is -0.199. The fraction of sp³-hybridized carbons (Fsp3) is 0.179. The number of carbonyl (C=O) groups is 2. The van der Waals surface area contributed by atoms with Crippen molar-refractivity contribution in [2.45, 2.75) is 26.8 Å². The van der Waals surface area contributed by atoms with E-state index in [1.54, 1.807) is 17.9 Å². The molecule has 6 nitrogen and oxygen atoms in total. The molecule has 0 unspecified atom stereocenters. The van der Waals surface area contributed by atoms with Crippen molar-refractivity contribution in [3.8, 4) is 11.3 Å². The molecule has 6 heteroatoms. The highest BCUT2D eigenvalue weighted by Crippen LogP contribution is 2.30. The summed E-state index contributed by atoms with van der Waals surface area (Å²) in [6, 6.07) is 25.6. The number of hydrogen-bond donors (Lipinski definition) is 1. The van der Waals surface area contributed by atoms with Crippen LogP contribution in [0.4, 0.5) is 11.5 Å². The second-order valence-corrected chi connectivity index (χ2v) is 8.59. The highest BCUT2D eigenvalue weighted by Gasteiger charge is 2.23. The number of anilines is 2. The van der Waals surface area contributed by atoms with E-state index in [-0.39, 0.29) is 11.8 Å². The molecule has 1 N–H and O–H groups in total. The Morgan fingerprint density at radius 2 is 1.74 bits per heavy atom. The van der Waals surface area contributed by atoms with Gasteiger partial charge in [0.05, 0.1) is 12.2 Å². The number of amides is 2. The second-order valence-electron chi connectivity index (χ2n) is 8.59. The van der Waals surface area contributed by atoms with Gasteiger partial charge in [-0.3, -0.25) is 9.59 Å². The summed E-state index contributed by atoms with van der Waals surface area (Å²) in [7, 11) is 0. The zero-order valence-electron chi connectivity index (χ0n) is 19.3. The smallest absolute Gasteiger partial charge is 0.256 e. The summed E-state index contributed by atoms with van der Waals surface area (Å²) in [5.74, 6) is 0.456. The number of carbonyl (C=O) groups excluding carboxylic acids is 2. The maximum atomic E-state index is 13.2. The summed E-state index contributed by atoms with van der Waals surface area (Å²) in [5.41, 5.74) is 6.54. The Kier molecular flexibility index (Phi) is 5.72.